The van der Waals surface area contributed by atoms with Crippen LogP contribution in [0, 0.1) is 0 Å². The lowest BCUT2D eigenvalue weighted by atomic mass is 9.49. The van der Waals surface area contributed by atoms with E-state index in [-0.39, 0.29) is 22.9 Å². The van der Waals surface area contributed by atoms with Crippen LogP contribution in [0.2, 0.25) is 0 Å². The summed E-state index contributed by atoms with van der Waals surface area (Å²) in [4.78, 5) is 1.36. The number of fused-ring (bicyclic) bond motifs is 4. The fourth-order valence-corrected chi connectivity index (χ4v) is 3.83. The highest BCUT2D eigenvalue weighted by molar-refractivity contribution is 6.85. The highest BCUT2D eigenvalue weighted by atomic mass is 16.4. The first kappa shape index (κ1) is 8.49. The Morgan fingerprint density at radius 2 is 1.52 bits per heavy atom. The molecule has 0 saturated carbocycles. The van der Waals surface area contributed by atoms with Crippen LogP contribution in [-0.4, -0.2) is 6.92 Å². The Balaban J connectivity index is 1.81. The van der Waals surface area contributed by atoms with Crippen LogP contribution in [0.4, 0.5) is 17.1 Å². The van der Waals surface area contributed by atoms with Gasteiger partial charge in [0.2, 0.25) is 0 Å². The van der Waals surface area contributed by atoms with Crippen molar-refractivity contribution in [3.63, 3.8) is 0 Å². The van der Waals surface area contributed by atoms with E-state index < -0.39 is 55.3 Å². The Morgan fingerprint density at radius 1 is 0.741 bits per heavy atom. The number of para-hydroxylation sites is 3. The first-order valence-corrected chi connectivity index (χ1v) is 8.51. The fraction of sp³-hybridized carbons (Fsp3) is 0. The van der Waals surface area contributed by atoms with Gasteiger partial charge in [0, 0.05) is 28.1 Å². The van der Waals surface area contributed by atoms with E-state index in [2.05, 4.69) is 0 Å². The average molecular weight is 354 g/mol. The number of rotatable bonds is 1. The Hall–Kier alpha value is -3.46. The molecular formula is C24H16BNO. The molecule has 0 unspecified atom stereocenters. The third-order valence-corrected chi connectivity index (χ3v) is 4.90. The van der Waals surface area contributed by atoms with Crippen molar-refractivity contribution in [3.05, 3.63) is 96.8 Å². The molecule has 3 heteroatoms. The molecule has 6 rings (SSSR count). The van der Waals surface area contributed by atoms with Crippen molar-refractivity contribution >= 4 is 34.9 Å². The van der Waals surface area contributed by atoms with Gasteiger partial charge in [-0.25, -0.2) is 0 Å². The minimum absolute atomic E-state index is 0.00596. The molecule has 0 radical (unpaired) electrons. The molecule has 2 heterocycles. The predicted octanol–water partition coefficient (Wildman–Crippen LogP) is 4.63. The summed E-state index contributed by atoms with van der Waals surface area (Å²) >= 11 is 0. The zero-order valence-electron chi connectivity index (χ0n) is 23.0. The van der Waals surface area contributed by atoms with Crippen LogP contribution < -0.4 is 20.5 Å². The second-order valence-corrected chi connectivity index (χ2v) is 6.30. The summed E-state index contributed by atoms with van der Waals surface area (Å²) in [5.74, 6) is 0.557. The minimum atomic E-state index is -0.886. The quantitative estimate of drug-likeness (QED) is 0.462. The largest absolute Gasteiger partial charge is 0.551 e. The smallest absolute Gasteiger partial charge is 0.431 e. The molecule has 4 aromatic rings. The Labute approximate surface area is 171 Å². The van der Waals surface area contributed by atoms with E-state index in [1.807, 2.05) is 24.3 Å². The first-order valence-electron chi connectivity index (χ1n) is 13.0. The average Bonchev–Trinajstić information content (AvgIpc) is 2.89. The molecule has 126 valence electrons. The molecule has 0 amide bonds. The van der Waals surface area contributed by atoms with Crippen molar-refractivity contribution in [2.24, 2.45) is 0 Å². The zero-order chi connectivity index (χ0) is 25.6. The first-order chi connectivity index (χ1) is 17.1. The van der Waals surface area contributed by atoms with Crippen molar-refractivity contribution in [3.8, 4) is 16.9 Å². The van der Waals surface area contributed by atoms with Crippen LogP contribution in [-0.2, 0) is 0 Å². The van der Waals surface area contributed by atoms with Crippen LogP contribution in [0.15, 0.2) is 96.8 Å². The van der Waals surface area contributed by atoms with Crippen LogP contribution in [0.1, 0.15) is 12.3 Å². The Bertz CT molecular complexity index is 1610. The second-order valence-electron chi connectivity index (χ2n) is 6.30. The van der Waals surface area contributed by atoms with Crippen LogP contribution in [0.25, 0.3) is 11.1 Å². The van der Waals surface area contributed by atoms with E-state index in [1.54, 1.807) is 18.2 Å². The van der Waals surface area contributed by atoms with Gasteiger partial charge in [0.25, 0.3) is 0 Å². The highest BCUT2D eigenvalue weighted by Crippen LogP contribution is 2.42. The number of benzene rings is 4. The van der Waals surface area contributed by atoms with E-state index in [4.69, 9.17) is 17.0 Å². The lowest BCUT2D eigenvalue weighted by Crippen LogP contribution is -2.56. The molecule has 0 saturated heterocycles. The van der Waals surface area contributed by atoms with E-state index >= 15 is 0 Å². The Kier molecular flexibility index (Phi) is 1.74. The number of hydrogen-bond donors (Lipinski definition) is 0. The van der Waals surface area contributed by atoms with Crippen molar-refractivity contribution in [1.82, 2.24) is 0 Å². The van der Waals surface area contributed by atoms with Crippen LogP contribution >= 0.6 is 0 Å². The molecular weight excluding hydrogens is 329 g/mol. The topological polar surface area (TPSA) is 12.5 Å². The maximum Gasteiger partial charge on any atom is 0.431 e. The second kappa shape index (κ2) is 5.52. The van der Waals surface area contributed by atoms with E-state index in [9.17, 15) is 0 Å². The monoisotopic (exact) mass is 354 g/mol. The molecule has 0 bridgehead atoms. The van der Waals surface area contributed by atoms with Crippen molar-refractivity contribution < 1.29 is 17.0 Å². The summed E-state index contributed by atoms with van der Waals surface area (Å²) < 4.78 is 82.1. The van der Waals surface area contributed by atoms with E-state index in [0.29, 0.717) is 16.9 Å². The Morgan fingerprint density at radius 3 is 2.44 bits per heavy atom. The summed E-state index contributed by atoms with van der Waals surface area (Å²) in [5.41, 5.74) is 2.52. The van der Waals surface area contributed by atoms with Gasteiger partial charge < -0.3 is 9.55 Å². The molecule has 0 spiro atoms. The SMILES string of the molecule is [2H]c1c([2H])c([2H])c(N2c3cccc4c3B(Oc3ccccc3-4)c3c([2H])c([2H])c([2H])c([2H])c32)c([2H])c1[2H]. The summed E-state index contributed by atoms with van der Waals surface area (Å²) in [6.45, 7) is -0.886. The molecule has 4 aromatic carbocycles. The van der Waals surface area contributed by atoms with Gasteiger partial charge in [-0.1, -0.05) is 66.6 Å². The highest BCUT2D eigenvalue weighted by Gasteiger charge is 2.41. The summed E-state index contributed by atoms with van der Waals surface area (Å²) in [5, 5.41) is 0. The molecule has 2 nitrogen and oxygen atoms in total. The third kappa shape index (κ3) is 2.03. The van der Waals surface area contributed by atoms with Gasteiger partial charge in [0.1, 0.15) is 5.75 Å². The van der Waals surface area contributed by atoms with Gasteiger partial charge in [-0.05, 0) is 41.3 Å². The minimum Gasteiger partial charge on any atom is -0.551 e. The normalized spacial score (nSPS) is 18.0. The molecule has 0 atom stereocenters. The van der Waals surface area contributed by atoms with Gasteiger partial charge in [-0.2, -0.15) is 0 Å². The molecule has 2 aliphatic heterocycles. The molecule has 0 aromatic heterocycles. The summed E-state index contributed by atoms with van der Waals surface area (Å²) in [6, 6.07) is 8.47. The standard InChI is InChI=1S/C24H16BNO/c1-2-9-17(10-3-1)26-21-14-6-5-13-20(21)25-24-19(12-8-15-22(24)26)18-11-4-7-16-23(18)27-25/h1-16H/i1D,2D,3D,5D,6D,9D,10D,13D,14D. The summed E-state index contributed by atoms with van der Waals surface area (Å²) in [7, 11) is 0. The van der Waals surface area contributed by atoms with Gasteiger partial charge in [-0.15, -0.1) is 0 Å². The lowest BCUT2D eigenvalue weighted by Gasteiger charge is -2.39. The fourth-order valence-electron chi connectivity index (χ4n) is 3.83. The maximum absolute atomic E-state index is 8.76. The van der Waals surface area contributed by atoms with Crippen LogP contribution in [0.3, 0.4) is 0 Å². The molecule has 0 fully saturated rings. The van der Waals surface area contributed by atoms with Crippen LogP contribution in [0.5, 0.6) is 5.75 Å². The van der Waals surface area contributed by atoms with Crippen molar-refractivity contribution in [2.45, 2.75) is 0 Å². The van der Waals surface area contributed by atoms with Gasteiger partial charge >= 0.3 is 6.92 Å². The molecule has 0 N–H and O–H groups in total. The molecule has 27 heavy (non-hydrogen) atoms. The van der Waals surface area contributed by atoms with E-state index in [1.165, 1.54) is 4.90 Å². The van der Waals surface area contributed by atoms with Crippen molar-refractivity contribution in [1.29, 1.82) is 0 Å². The third-order valence-electron chi connectivity index (χ3n) is 4.90. The number of nitrogens with zero attached hydrogens (tertiary/aromatic N) is 1. The number of hydrogen-bond acceptors (Lipinski definition) is 2. The van der Waals surface area contributed by atoms with Crippen molar-refractivity contribution in [2.75, 3.05) is 4.90 Å². The zero-order valence-corrected chi connectivity index (χ0v) is 14.0. The molecule has 0 aliphatic carbocycles. The summed E-state index contributed by atoms with van der Waals surface area (Å²) in [6.07, 6.45) is 0. The van der Waals surface area contributed by atoms with Gasteiger partial charge in [-0.3, -0.25) is 0 Å². The van der Waals surface area contributed by atoms with Gasteiger partial charge in [0.15, 0.2) is 0 Å². The van der Waals surface area contributed by atoms with E-state index in [0.717, 1.165) is 11.1 Å². The number of anilines is 3. The van der Waals surface area contributed by atoms with Gasteiger partial charge in [0.05, 0.1) is 12.3 Å². The maximum atomic E-state index is 8.76. The predicted molar refractivity (Wildman–Crippen MR) is 112 cm³/mol. The lowest BCUT2D eigenvalue weighted by molar-refractivity contribution is 0.590. The molecule has 2 aliphatic rings.